The van der Waals surface area contributed by atoms with Crippen molar-refractivity contribution in [1.82, 2.24) is 43.7 Å². The van der Waals surface area contributed by atoms with Gasteiger partial charge in [-0.3, -0.25) is 9.97 Å². The molecule has 0 atom stereocenters. The van der Waals surface area contributed by atoms with Crippen molar-refractivity contribution in [3.63, 3.8) is 0 Å². The van der Waals surface area contributed by atoms with Crippen molar-refractivity contribution in [2.24, 2.45) is 0 Å². The van der Waals surface area contributed by atoms with Crippen LogP contribution in [0.15, 0.2) is 419 Å². The number of rotatable bonds is 7. The van der Waals surface area contributed by atoms with Crippen LogP contribution in [0.25, 0.3) is 280 Å². The molecule has 0 spiro atoms. The summed E-state index contributed by atoms with van der Waals surface area (Å²) in [6, 6.07) is 144. The SMILES string of the molecule is c1ccc(-c2cc(-c3ccccc3)c3nc(-c4ccc(-n5c6cccc7c6c6c8c(cccc8ccc65)-c5ccccc5-7)cc4)nn3c2)cc1.c1ccc(-c2nc(-c3cc4c5c(c3)sc3ccc6cccc(c6c35)-c3ccccc3-4)nc3ccccc23)cc1.c1ccc2c(c1)-c1cccc3ccc4c(c13)c1c-2cccc1n4-c1ccc2c(c1)c1ccccc1c1nccnc21. The Morgan fingerprint density at radius 2 is 0.677 bits per heavy atom. The third kappa shape index (κ3) is 10.7. The molecule has 3 aliphatic carbocycles. The van der Waals surface area contributed by atoms with Gasteiger partial charge in [-0.05, 0) is 212 Å². The minimum absolute atomic E-state index is 0.699. The van der Waals surface area contributed by atoms with Crippen LogP contribution in [0.4, 0.5) is 0 Å². The maximum atomic E-state index is 5.20. The minimum atomic E-state index is 0.699. The van der Waals surface area contributed by atoms with Crippen molar-refractivity contribution in [1.29, 1.82) is 0 Å². The van der Waals surface area contributed by atoms with Crippen molar-refractivity contribution in [2.45, 2.75) is 0 Å². The molecule has 600 valence electrons. The van der Waals surface area contributed by atoms with Gasteiger partial charge in [-0.15, -0.1) is 16.4 Å². The number of thiophene rings is 1. The maximum Gasteiger partial charge on any atom is 0.182 e. The van der Waals surface area contributed by atoms with E-state index in [9.17, 15) is 0 Å². The van der Waals surface area contributed by atoms with Gasteiger partial charge < -0.3 is 9.13 Å². The van der Waals surface area contributed by atoms with Crippen LogP contribution in [0.5, 0.6) is 0 Å². The number of hydrogen-bond acceptors (Lipinski definition) is 7. The highest BCUT2D eigenvalue weighted by molar-refractivity contribution is 7.26. The third-order valence-electron chi connectivity index (χ3n) is 27.3. The first-order valence-electron chi connectivity index (χ1n) is 44.2. The minimum Gasteiger partial charge on any atom is -0.309 e. The molecule has 27 aromatic rings. The largest absolute Gasteiger partial charge is 0.309 e. The van der Waals surface area contributed by atoms with E-state index < -0.39 is 0 Å². The number of benzene rings is 20. The van der Waals surface area contributed by atoms with E-state index in [4.69, 9.17) is 30.0 Å². The fourth-order valence-corrected chi connectivity index (χ4v) is 22.9. The number of fused-ring (bicyclic) bond motifs is 17. The molecular formula is C120H69N9S. The standard InChI is InChI=1S/C46H28N4.C38H21N3.C36H20N2S/c1-3-11-29(12-4-1)33-27-39(30-13-5-2-6-14-30)46-47-45(48-49(46)28-33)32-21-24-34(25-22-32)50-40-20-10-19-38-36-17-8-7-16-35(36)37-18-9-15-31-23-26-41(50)44(42(31)37)43(38)40;1-2-9-25-24(8-1)27-12-5-7-22-15-18-33-36(34(22)27)35-28(25)13-6-14-32(35)41(33)23-16-17-30-31(21-23)26-10-3-4-11-29(26)37-38(30)40-20-19-39-37;1-2-9-22(10-3-1)35-27-14-6-7-16-29(27)37-36(38-35)23-19-28-25-13-5-4-12-24(25)26-15-8-11-21-17-18-30-34(32(21)26)33(28)31(20-23)39-30/h1-28H;1-21H;1-20H. The van der Waals surface area contributed by atoms with E-state index >= 15 is 0 Å². The van der Waals surface area contributed by atoms with E-state index in [2.05, 4.69) is 398 Å². The van der Waals surface area contributed by atoms with Crippen LogP contribution in [-0.2, 0) is 0 Å². The second-order valence-electron chi connectivity index (χ2n) is 34.2. The van der Waals surface area contributed by atoms with Gasteiger partial charge in [-0.1, -0.05) is 309 Å². The molecule has 0 bridgehead atoms. The van der Waals surface area contributed by atoms with Gasteiger partial charge >= 0.3 is 0 Å². The summed E-state index contributed by atoms with van der Waals surface area (Å²) in [7, 11) is 0. The summed E-state index contributed by atoms with van der Waals surface area (Å²) in [6.07, 6.45) is 5.65. The van der Waals surface area contributed by atoms with E-state index in [1.54, 1.807) is 12.4 Å². The second-order valence-corrected chi connectivity index (χ2v) is 35.3. The van der Waals surface area contributed by atoms with Crippen molar-refractivity contribution >= 4 is 157 Å². The molecule has 7 aromatic heterocycles. The molecule has 10 heteroatoms. The lowest BCUT2D eigenvalue weighted by Gasteiger charge is -2.15. The fraction of sp³-hybridized carbons (Fsp3) is 0. The lowest BCUT2D eigenvalue weighted by atomic mass is 9.93. The zero-order valence-electron chi connectivity index (χ0n) is 69.8. The molecule has 0 unspecified atom stereocenters. The molecule has 0 radical (unpaired) electrons. The van der Waals surface area contributed by atoms with Crippen LogP contribution in [0, 0.1) is 0 Å². The van der Waals surface area contributed by atoms with Gasteiger partial charge in [0.1, 0.15) is 0 Å². The van der Waals surface area contributed by atoms with Gasteiger partial charge in [0.15, 0.2) is 17.3 Å². The van der Waals surface area contributed by atoms with Gasteiger partial charge in [0.2, 0.25) is 0 Å². The summed E-state index contributed by atoms with van der Waals surface area (Å²) in [4.78, 5) is 24.9. The van der Waals surface area contributed by atoms with Gasteiger partial charge in [0, 0.05) is 116 Å². The number of para-hydroxylation sites is 1. The highest BCUT2D eigenvalue weighted by atomic mass is 32.1. The molecule has 0 saturated carbocycles. The van der Waals surface area contributed by atoms with E-state index in [1.807, 2.05) is 34.1 Å². The predicted octanol–water partition coefficient (Wildman–Crippen LogP) is 31.6. The predicted molar refractivity (Wildman–Crippen MR) is 542 cm³/mol. The van der Waals surface area contributed by atoms with Crippen LogP contribution in [0.2, 0.25) is 0 Å². The Labute approximate surface area is 748 Å². The Kier molecular flexibility index (Phi) is 15.6. The molecular weight excluding hydrogens is 1600 g/mol. The van der Waals surface area contributed by atoms with Gasteiger partial charge in [-0.25, -0.2) is 19.5 Å². The smallest absolute Gasteiger partial charge is 0.182 e. The number of aromatic nitrogens is 9. The van der Waals surface area contributed by atoms with Crippen LogP contribution in [0.1, 0.15) is 0 Å². The molecule has 7 heterocycles. The van der Waals surface area contributed by atoms with Crippen molar-refractivity contribution in [2.75, 3.05) is 0 Å². The summed E-state index contributed by atoms with van der Waals surface area (Å²) < 4.78 is 9.39. The molecule has 20 aromatic carbocycles. The summed E-state index contributed by atoms with van der Waals surface area (Å²) in [5, 5.41) is 26.5. The Bertz CT molecular complexity index is 9530. The molecule has 0 fully saturated rings. The van der Waals surface area contributed by atoms with Crippen molar-refractivity contribution in [3.8, 4) is 134 Å². The van der Waals surface area contributed by atoms with Crippen molar-refractivity contribution in [3.05, 3.63) is 419 Å². The fourth-order valence-electron chi connectivity index (χ4n) is 21.8. The second kappa shape index (κ2) is 28.2. The first-order chi connectivity index (χ1) is 64.5. The van der Waals surface area contributed by atoms with E-state index in [0.29, 0.717) is 5.82 Å². The Hall–Kier alpha value is -17.2. The lowest BCUT2D eigenvalue weighted by molar-refractivity contribution is 0.968. The van der Waals surface area contributed by atoms with Crippen LogP contribution >= 0.6 is 11.3 Å². The van der Waals surface area contributed by atoms with Crippen LogP contribution < -0.4 is 0 Å². The summed E-state index contributed by atoms with van der Waals surface area (Å²) in [5.41, 5.74) is 34.7. The normalized spacial score (nSPS) is 12.2. The molecule has 30 rings (SSSR count). The van der Waals surface area contributed by atoms with E-state index in [-0.39, 0.29) is 0 Å². The molecule has 3 aliphatic rings. The van der Waals surface area contributed by atoms with Gasteiger partial charge in [0.25, 0.3) is 0 Å². The Morgan fingerprint density at radius 3 is 1.27 bits per heavy atom. The summed E-state index contributed by atoms with van der Waals surface area (Å²) in [6.45, 7) is 0. The first-order valence-corrected chi connectivity index (χ1v) is 45.0. The highest BCUT2D eigenvalue weighted by Gasteiger charge is 2.30. The summed E-state index contributed by atoms with van der Waals surface area (Å²) >= 11 is 1.87. The Morgan fingerprint density at radius 1 is 0.223 bits per heavy atom. The quantitative estimate of drug-likeness (QED) is 0.148. The van der Waals surface area contributed by atoms with E-state index in [1.165, 1.54) is 174 Å². The third-order valence-corrected chi connectivity index (χ3v) is 28.4. The highest BCUT2D eigenvalue weighted by Crippen LogP contribution is 2.56. The molecule has 0 aliphatic heterocycles. The average molecular weight is 1670 g/mol. The summed E-state index contributed by atoms with van der Waals surface area (Å²) in [5.74, 6) is 1.46. The van der Waals surface area contributed by atoms with Gasteiger partial charge in [0.05, 0.1) is 44.3 Å². The van der Waals surface area contributed by atoms with Crippen LogP contribution in [-0.4, -0.2) is 43.7 Å². The first kappa shape index (κ1) is 72.2. The molecule has 0 amide bonds. The van der Waals surface area contributed by atoms with Gasteiger partial charge in [-0.2, -0.15) is 0 Å². The number of nitrogens with zero attached hydrogens (tertiary/aromatic N) is 9. The number of pyridine rings is 1. The maximum absolute atomic E-state index is 5.20. The molecule has 0 N–H and O–H groups in total. The number of hydrogen-bond donors (Lipinski definition) is 0. The monoisotopic (exact) mass is 1670 g/mol. The zero-order valence-corrected chi connectivity index (χ0v) is 70.6. The molecule has 130 heavy (non-hydrogen) atoms. The topological polar surface area (TPSA) is 91.6 Å². The average Bonchev–Trinajstić information content (AvgIpc) is 1.55. The molecule has 9 nitrogen and oxygen atoms in total. The van der Waals surface area contributed by atoms with Crippen molar-refractivity contribution < 1.29 is 0 Å². The Balaban J connectivity index is 0.0000000990. The zero-order chi connectivity index (χ0) is 84.9. The van der Waals surface area contributed by atoms with Crippen LogP contribution in [0.3, 0.4) is 0 Å². The molecule has 0 saturated heterocycles. The van der Waals surface area contributed by atoms with E-state index in [0.717, 1.165) is 100 Å². The lowest BCUT2D eigenvalue weighted by Crippen LogP contribution is -1.96.